The highest BCUT2D eigenvalue weighted by atomic mass is 32.2. The summed E-state index contributed by atoms with van der Waals surface area (Å²) in [6.45, 7) is 0.202. The van der Waals surface area contributed by atoms with Crippen molar-refractivity contribution in [1.82, 2.24) is 4.90 Å². The van der Waals surface area contributed by atoms with Crippen molar-refractivity contribution in [1.29, 1.82) is 0 Å². The van der Waals surface area contributed by atoms with Crippen LogP contribution in [0.25, 0.3) is 6.08 Å². The first-order valence-corrected chi connectivity index (χ1v) is 9.52. The normalized spacial score (nSPS) is 16.5. The Labute approximate surface area is 172 Å². The van der Waals surface area contributed by atoms with Crippen LogP contribution >= 0.6 is 11.8 Å². The van der Waals surface area contributed by atoms with Crippen LogP contribution in [0, 0.1) is 0 Å². The highest BCUT2D eigenvalue weighted by molar-refractivity contribution is 8.18. The summed E-state index contributed by atoms with van der Waals surface area (Å²) in [5.74, 6) is -0.0492. The van der Waals surface area contributed by atoms with E-state index in [1.807, 2.05) is 6.07 Å². The SMILES string of the molecule is CN=C1SC(=Cc2ccc(OCc3cccc(C(=O)O)c3)c(OC)c2)C(=O)N1C. The molecule has 1 heterocycles. The molecule has 0 aliphatic carbocycles. The molecule has 0 radical (unpaired) electrons. The molecule has 3 rings (SSSR count). The Balaban J connectivity index is 1.77. The van der Waals surface area contributed by atoms with E-state index in [4.69, 9.17) is 14.6 Å². The fourth-order valence-electron chi connectivity index (χ4n) is 2.75. The molecule has 0 unspecified atom stereocenters. The zero-order valence-corrected chi connectivity index (χ0v) is 17.0. The van der Waals surface area contributed by atoms with Crippen molar-refractivity contribution in [3.05, 3.63) is 64.1 Å². The molecular weight excluding hydrogens is 392 g/mol. The second kappa shape index (κ2) is 8.83. The molecule has 0 aromatic heterocycles. The zero-order valence-electron chi connectivity index (χ0n) is 16.2. The lowest BCUT2D eigenvalue weighted by Gasteiger charge is -2.12. The van der Waals surface area contributed by atoms with Crippen molar-refractivity contribution >= 4 is 34.9 Å². The number of nitrogens with zero attached hydrogens (tertiary/aromatic N) is 2. The number of likely N-dealkylation sites (N-methyl/N-ethyl adjacent to an activating group) is 1. The monoisotopic (exact) mass is 412 g/mol. The van der Waals surface area contributed by atoms with Crippen molar-refractivity contribution in [3.63, 3.8) is 0 Å². The maximum Gasteiger partial charge on any atom is 0.335 e. The quantitative estimate of drug-likeness (QED) is 0.731. The smallest absolute Gasteiger partial charge is 0.335 e. The lowest BCUT2D eigenvalue weighted by Crippen LogP contribution is -2.23. The van der Waals surface area contributed by atoms with Crippen LogP contribution in [0.2, 0.25) is 0 Å². The topological polar surface area (TPSA) is 88.4 Å². The van der Waals surface area contributed by atoms with E-state index in [0.29, 0.717) is 21.6 Å². The molecule has 1 N–H and O–H groups in total. The molecule has 29 heavy (non-hydrogen) atoms. The van der Waals surface area contributed by atoms with Gasteiger partial charge in [-0.3, -0.25) is 14.7 Å². The molecule has 2 aromatic carbocycles. The van der Waals surface area contributed by atoms with Crippen LogP contribution in [-0.4, -0.2) is 48.3 Å². The summed E-state index contributed by atoms with van der Waals surface area (Å²) in [5, 5.41) is 9.74. The van der Waals surface area contributed by atoms with E-state index in [-0.39, 0.29) is 18.1 Å². The van der Waals surface area contributed by atoms with E-state index in [2.05, 4.69) is 4.99 Å². The molecule has 1 aliphatic rings. The average Bonchev–Trinajstić information content (AvgIpc) is 3.00. The van der Waals surface area contributed by atoms with Crippen molar-refractivity contribution in [2.24, 2.45) is 4.99 Å². The number of carbonyl (C=O) groups is 2. The van der Waals surface area contributed by atoms with Gasteiger partial charge < -0.3 is 14.6 Å². The van der Waals surface area contributed by atoms with Gasteiger partial charge in [0.05, 0.1) is 17.6 Å². The highest BCUT2D eigenvalue weighted by Crippen LogP contribution is 2.34. The largest absolute Gasteiger partial charge is 0.493 e. The summed E-state index contributed by atoms with van der Waals surface area (Å²) in [7, 11) is 4.88. The van der Waals surface area contributed by atoms with Crippen molar-refractivity contribution in [3.8, 4) is 11.5 Å². The van der Waals surface area contributed by atoms with Crippen LogP contribution in [0.3, 0.4) is 0 Å². The van der Waals surface area contributed by atoms with Gasteiger partial charge in [-0.2, -0.15) is 0 Å². The minimum Gasteiger partial charge on any atom is -0.493 e. The number of ether oxygens (including phenoxy) is 2. The number of amides is 1. The van der Waals surface area contributed by atoms with E-state index in [1.54, 1.807) is 50.5 Å². The number of amidine groups is 1. The Bertz CT molecular complexity index is 1020. The Morgan fingerprint density at radius 3 is 2.69 bits per heavy atom. The average molecular weight is 412 g/mol. The number of hydrogen-bond acceptors (Lipinski definition) is 6. The second-order valence-electron chi connectivity index (χ2n) is 6.19. The first-order chi connectivity index (χ1) is 13.9. The zero-order chi connectivity index (χ0) is 21.0. The molecule has 150 valence electrons. The standard InChI is InChI=1S/C21H20N2O5S/c1-22-21-23(2)19(24)18(29-21)11-13-7-8-16(17(10-13)27-3)28-12-14-5-4-6-15(9-14)20(25)26/h4-11H,12H2,1-3H3,(H,25,26). The summed E-state index contributed by atoms with van der Waals surface area (Å²) in [6, 6.07) is 11.9. The van der Waals surface area contributed by atoms with Gasteiger partial charge in [-0.05, 0) is 53.2 Å². The van der Waals surface area contributed by atoms with E-state index in [9.17, 15) is 9.59 Å². The molecule has 0 saturated carbocycles. The van der Waals surface area contributed by atoms with Crippen LogP contribution < -0.4 is 9.47 Å². The summed E-state index contributed by atoms with van der Waals surface area (Å²) in [4.78, 5) is 29.6. The molecule has 1 aliphatic heterocycles. The Morgan fingerprint density at radius 1 is 1.24 bits per heavy atom. The van der Waals surface area contributed by atoms with E-state index < -0.39 is 5.97 Å². The number of carboxylic acids is 1. The Hall–Kier alpha value is -3.26. The number of aromatic carboxylic acids is 1. The van der Waals surface area contributed by atoms with E-state index in [0.717, 1.165) is 11.1 Å². The second-order valence-corrected chi connectivity index (χ2v) is 7.19. The fraction of sp³-hybridized carbons (Fsp3) is 0.190. The van der Waals surface area contributed by atoms with Crippen molar-refractivity contribution in [2.45, 2.75) is 6.61 Å². The predicted molar refractivity (Wildman–Crippen MR) is 112 cm³/mol. The van der Waals surface area contributed by atoms with E-state index in [1.165, 1.54) is 29.8 Å². The van der Waals surface area contributed by atoms with Gasteiger partial charge in [0.15, 0.2) is 16.7 Å². The minimum atomic E-state index is -0.983. The molecule has 0 bridgehead atoms. The van der Waals surface area contributed by atoms with Gasteiger partial charge in [-0.1, -0.05) is 18.2 Å². The molecule has 2 aromatic rings. The summed E-state index contributed by atoms with van der Waals surface area (Å²) >= 11 is 1.32. The number of hydrogen-bond donors (Lipinski definition) is 1. The summed E-state index contributed by atoms with van der Waals surface area (Å²) in [6.07, 6.45) is 1.78. The molecule has 1 amide bonds. The number of thioether (sulfide) groups is 1. The fourth-order valence-corrected chi connectivity index (χ4v) is 3.68. The van der Waals surface area contributed by atoms with Gasteiger partial charge in [-0.25, -0.2) is 4.79 Å². The molecule has 7 nitrogen and oxygen atoms in total. The van der Waals surface area contributed by atoms with Crippen LogP contribution in [0.5, 0.6) is 11.5 Å². The summed E-state index contributed by atoms with van der Waals surface area (Å²) < 4.78 is 11.2. The lowest BCUT2D eigenvalue weighted by atomic mass is 10.1. The lowest BCUT2D eigenvalue weighted by molar-refractivity contribution is -0.121. The third-order valence-electron chi connectivity index (χ3n) is 4.25. The van der Waals surface area contributed by atoms with Gasteiger partial charge in [0.2, 0.25) is 0 Å². The molecule has 8 heteroatoms. The number of aliphatic imine (C=N–C) groups is 1. The maximum absolute atomic E-state index is 12.3. The maximum atomic E-state index is 12.3. The summed E-state index contributed by atoms with van der Waals surface area (Å²) in [5.41, 5.74) is 1.74. The molecule has 0 spiro atoms. The van der Waals surface area contributed by atoms with Crippen LogP contribution in [-0.2, 0) is 11.4 Å². The van der Waals surface area contributed by atoms with Gasteiger partial charge in [0.25, 0.3) is 5.91 Å². The molecular formula is C21H20N2O5S. The Kier molecular flexibility index (Phi) is 6.23. The predicted octanol–water partition coefficient (Wildman–Crippen LogP) is 3.50. The van der Waals surface area contributed by atoms with Gasteiger partial charge in [0, 0.05) is 14.1 Å². The van der Waals surface area contributed by atoms with Gasteiger partial charge in [-0.15, -0.1) is 0 Å². The molecule has 1 fully saturated rings. The first kappa shape index (κ1) is 20.5. The minimum absolute atomic E-state index is 0.104. The van der Waals surface area contributed by atoms with Crippen LogP contribution in [0.15, 0.2) is 52.4 Å². The molecule has 0 atom stereocenters. The number of methoxy groups -OCH3 is 1. The number of benzene rings is 2. The molecule has 1 saturated heterocycles. The van der Waals surface area contributed by atoms with Crippen molar-refractivity contribution < 1.29 is 24.2 Å². The Morgan fingerprint density at radius 2 is 2.03 bits per heavy atom. The first-order valence-electron chi connectivity index (χ1n) is 8.70. The third-order valence-corrected chi connectivity index (χ3v) is 5.40. The number of rotatable bonds is 6. The van der Waals surface area contributed by atoms with Crippen LogP contribution in [0.1, 0.15) is 21.5 Å². The van der Waals surface area contributed by atoms with Crippen molar-refractivity contribution in [2.75, 3.05) is 21.2 Å². The third kappa shape index (κ3) is 4.60. The van der Waals surface area contributed by atoms with Gasteiger partial charge in [0.1, 0.15) is 6.61 Å². The van der Waals surface area contributed by atoms with Gasteiger partial charge >= 0.3 is 5.97 Å². The van der Waals surface area contributed by atoms with Crippen LogP contribution in [0.4, 0.5) is 0 Å². The number of carboxylic acid groups (broad SMARTS) is 1. The highest BCUT2D eigenvalue weighted by Gasteiger charge is 2.29. The van der Waals surface area contributed by atoms with E-state index >= 15 is 0 Å². The number of carbonyl (C=O) groups excluding carboxylic acids is 1.